The van der Waals surface area contributed by atoms with Crippen molar-refractivity contribution in [2.75, 3.05) is 6.54 Å². The molecule has 104 valence electrons. The second kappa shape index (κ2) is 5.59. The third kappa shape index (κ3) is 3.46. The number of halogens is 1. The topological polar surface area (TPSA) is 49.3 Å². The minimum absolute atomic E-state index is 0.0165. The Morgan fingerprint density at radius 1 is 1.37 bits per heavy atom. The Hall–Kier alpha value is -1.58. The van der Waals surface area contributed by atoms with Crippen molar-refractivity contribution in [1.29, 1.82) is 0 Å². The minimum atomic E-state index is -0.689. The van der Waals surface area contributed by atoms with Crippen molar-refractivity contribution in [3.05, 3.63) is 29.6 Å². The molecule has 1 aromatic rings. The number of carbonyl (C=O) groups is 1. The summed E-state index contributed by atoms with van der Waals surface area (Å²) in [5.41, 5.74) is 0.110. The van der Waals surface area contributed by atoms with Gasteiger partial charge in [0.1, 0.15) is 11.6 Å². The van der Waals surface area contributed by atoms with Crippen LogP contribution in [0.4, 0.5) is 4.39 Å². The fourth-order valence-corrected chi connectivity index (χ4v) is 2.66. The van der Waals surface area contributed by atoms with E-state index >= 15 is 0 Å². The monoisotopic (exact) mass is 265 g/mol. The van der Waals surface area contributed by atoms with Crippen LogP contribution in [0.1, 0.15) is 49.4 Å². The van der Waals surface area contributed by atoms with E-state index in [-0.39, 0.29) is 16.7 Å². The van der Waals surface area contributed by atoms with Gasteiger partial charge in [-0.1, -0.05) is 26.2 Å². The highest BCUT2D eigenvalue weighted by Crippen LogP contribution is 2.35. The SMILES string of the molecule is CC1(CNC(=O)c2ccc(O)cc2F)CCCCC1. The number of nitrogens with one attached hydrogen (secondary N) is 1. The molecule has 4 heteroatoms. The zero-order valence-corrected chi connectivity index (χ0v) is 11.2. The van der Waals surface area contributed by atoms with Crippen LogP contribution in [0.15, 0.2) is 18.2 Å². The summed E-state index contributed by atoms with van der Waals surface area (Å²) in [6.45, 7) is 2.74. The average molecular weight is 265 g/mol. The number of carbonyl (C=O) groups excluding carboxylic acids is 1. The van der Waals surface area contributed by atoms with Gasteiger partial charge in [-0.25, -0.2) is 4.39 Å². The van der Waals surface area contributed by atoms with Gasteiger partial charge in [0.15, 0.2) is 0 Å². The normalized spacial score (nSPS) is 18.0. The first-order valence-electron chi connectivity index (χ1n) is 6.77. The summed E-state index contributed by atoms with van der Waals surface area (Å²) >= 11 is 0. The maximum absolute atomic E-state index is 13.5. The standard InChI is InChI=1S/C15H20FNO2/c1-15(7-3-2-4-8-15)10-17-14(19)12-6-5-11(18)9-13(12)16/h5-6,9,18H,2-4,7-8,10H2,1H3,(H,17,19). The molecule has 0 saturated heterocycles. The van der Waals surface area contributed by atoms with Gasteiger partial charge in [-0.2, -0.15) is 0 Å². The van der Waals surface area contributed by atoms with E-state index in [4.69, 9.17) is 5.11 Å². The first-order chi connectivity index (χ1) is 9.00. The van der Waals surface area contributed by atoms with Gasteiger partial charge in [0.05, 0.1) is 5.56 Å². The molecule has 2 N–H and O–H groups in total. The Balaban J connectivity index is 1.97. The molecule has 19 heavy (non-hydrogen) atoms. The van der Waals surface area contributed by atoms with E-state index in [2.05, 4.69) is 12.2 Å². The Kier molecular flexibility index (Phi) is 4.08. The van der Waals surface area contributed by atoms with Crippen LogP contribution in [0.5, 0.6) is 5.75 Å². The van der Waals surface area contributed by atoms with Crippen LogP contribution >= 0.6 is 0 Å². The van der Waals surface area contributed by atoms with Crippen molar-refractivity contribution in [3.63, 3.8) is 0 Å². The molecule has 1 aliphatic rings. The van der Waals surface area contributed by atoms with Crippen LogP contribution < -0.4 is 5.32 Å². The van der Waals surface area contributed by atoms with Crippen LogP contribution in [-0.4, -0.2) is 17.6 Å². The first kappa shape index (κ1) is 13.8. The van der Waals surface area contributed by atoms with Crippen LogP contribution in [0.2, 0.25) is 0 Å². The average Bonchev–Trinajstić information content (AvgIpc) is 2.37. The van der Waals surface area contributed by atoms with Crippen molar-refractivity contribution >= 4 is 5.91 Å². The van der Waals surface area contributed by atoms with E-state index in [1.807, 2.05) is 0 Å². The molecule has 1 saturated carbocycles. The van der Waals surface area contributed by atoms with Crippen LogP contribution in [0.25, 0.3) is 0 Å². The summed E-state index contributed by atoms with van der Waals surface area (Å²) in [4.78, 5) is 11.9. The zero-order valence-electron chi connectivity index (χ0n) is 11.2. The van der Waals surface area contributed by atoms with Crippen molar-refractivity contribution in [3.8, 4) is 5.75 Å². The van der Waals surface area contributed by atoms with Crippen molar-refractivity contribution < 1.29 is 14.3 Å². The van der Waals surface area contributed by atoms with Gasteiger partial charge in [-0.3, -0.25) is 4.79 Å². The second-order valence-corrected chi connectivity index (χ2v) is 5.72. The number of benzene rings is 1. The number of rotatable bonds is 3. The molecule has 0 aliphatic heterocycles. The van der Waals surface area contributed by atoms with Crippen LogP contribution in [0.3, 0.4) is 0 Å². The van der Waals surface area contributed by atoms with E-state index in [0.29, 0.717) is 6.54 Å². The van der Waals surface area contributed by atoms with Crippen molar-refractivity contribution in [2.24, 2.45) is 5.41 Å². The first-order valence-corrected chi connectivity index (χ1v) is 6.77. The Bertz CT molecular complexity index is 467. The smallest absolute Gasteiger partial charge is 0.254 e. The molecule has 2 rings (SSSR count). The molecule has 1 aliphatic carbocycles. The summed E-state index contributed by atoms with van der Waals surface area (Å²) in [6.07, 6.45) is 5.85. The highest BCUT2D eigenvalue weighted by Gasteiger charge is 2.27. The lowest BCUT2D eigenvalue weighted by Crippen LogP contribution is -2.37. The van der Waals surface area contributed by atoms with Gasteiger partial charge in [-0.05, 0) is 30.4 Å². The molecule has 1 aromatic carbocycles. The van der Waals surface area contributed by atoms with Crippen molar-refractivity contribution in [1.82, 2.24) is 5.32 Å². The third-order valence-corrected chi connectivity index (χ3v) is 3.93. The summed E-state index contributed by atoms with van der Waals surface area (Å²) < 4.78 is 13.5. The van der Waals surface area contributed by atoms with Gasteiger partial charge in [0, 0.05) is 12.6 Å². The Morgan fingerprint density at radius 2 is 2.05 bits per heavy atom. The van der Waals surface area contributed by atoms with E-state index in [0.717, 1.165) is 18.9 Å². The van der Waals surface area contributed by atoms with E-state index in [9.17, 15) is 9.18 Å². The number of aromatic hydroxyl groups is 1. The zero-order chi connectivity index (χ0) is 13.9. The fraction of sp³-hybridized carbons (Fsp3) is 0.533. The van der Waals surface area contributed by atoms with Gasteiger partial charge in [0.2, 0.25) is 0 Å². The Morgan fingerprint density at radius 3 is 2.68 bits per heavy atom. The second-order valence-electron chi connectivity index (χ2n) is 5.72. The minimum Gasteiger partial charge on any atom is -0.508 e. The summed E-state index contributed by atoms with van der Waals surface area (Å²) in [7, 11) is 0. The van der Waals surface area contributed by atoms with E-state index in [1.165, 1.54) is 31.4 Å². The molecule has 1 fully saturated rings. The van der Waals surface area contributed by atoms with Gasteiger partial charge >= 0.3 is 0 Å². The molecule has 0 atom stereocenters. The largest absolute Gasteiger partial charge is 0.508 e. The summed E-state index contributed by atoms with van der Waals surface area (Å²) in [5.74, 6) is -1.27. The maximum atomic E-state index is 13.5. The highest BCUT2D eigenvalue weighted by molar-refractivity contribution is 5.94. The van der Waals surface area contributed by atoms with E-state index in [1.54, 1.807) is 0 Å². The molecular weight excluding hydrogens is 245 g/mol. The molecule has 0 spiro atoms. The Labute approximate surface area is 112 Å². The predicted molar refractivity (Wildman–Crippen MR) is 71.6 cm³/mol. The number of phenols is 1. The maximum Gasteiger partial charge on any atom is 0.254 e. The molecular formula is C15H20FNO2. The van der Waals surface area contributed by atoms with E-state index < -0.39 is 11.7 Å². The molecule has 0 heterocycles. The molecule has 0 aromatic heterocycles. The van der Waals surface area contributed by atoms with Gasteiger partial charge in [-0.15, -0.1) is 0 Å². The van der Waals surface area contributed by atoms with Gasteiger partial charge < -0.3 is 10.4 Å². The lowest BCUT2D eigenvalue weighted by atomic mass is 9.76. The van der Waals surface area contributed by atoms with Crippen LogP contribution in [0, 0.1) is 11.2 Å². The molecule has 1 amide bonds. The number of amides is 1. The molecule has 0 bridgehead atoms. The highest BCUT2D eigenvalue weighted by atomic mass is 19.1. The van der Waals surface area contributed by atoms with Crippen LogP contribution in [-0.2, 0) is 0 Å². The van der Waals surface area contributed by atoms with Crippen molar-refractivity contribution in [2.45, 2.75) is 39.0 Å². The van der Waals surface area contributed by atoms with Gasteiger partial charge in [0.25, 0.3) is 5.91 Å². The number of hydrogen-bond donors (Lipinski definition) is 2. The number of phenolic OH excluding ortho intramolecular Hbond substituents is 1. The lowest BCUT2D eigenvalue weighted by Gasteiger charge is -2.33. The predicted octanol–water partition coefficient (Wildman–Crippen LogP) is 3.23. The fourth-order valence-electron chi connectivity index (χ4n) is 2.66. The third-order valence-electron chi connectivity index (χ3n) is 3.93. The number of hydrogen-bond acceptors (Lipinski definition) is 2. The molecule has 0 radical (unpaired) electrons. The quantitative estimate of drug-likeness (QED) is 0.881. The lowest BCUT2D eigenvalue weighted by molar-refractivity contribution is 0.0915. The summed E-state index contributed by atoms with van der Waals surface area (Å²) in [6, 6.07) is 3.58. The molecule has 0 unspecified atom stereocenters. The molecule has 3 nitrogen and oxygen atoms in total. The summed E-state index contributed by atoms with van der Waals surface area (Å²) in [5, 5.41) is 11.9.